The van der Waals surface area contributed by atoms with Gasteiger partial charge in [0.25, 0.3) is 21.8 Å². The maximum atomic E-state index is 12.8. The number of halogens is 4. The van der Waals surface area contributed by atoms with Crippen molar-refractivity contribution in [3.05, 3.63) is 94.1 Å². The fraction of sp³-hybridized carbons (Fsp3) is 0.267. The molecule has 0 aliphatic heterocycles. The van der Waals surface area contributed by atoms with Gasteiger partial charge in [0.1, 0.15) is 10.6 Å². The molecule has 1 atom stereocenters. The number of amides is 2. The van der Waals surface area contributed by atoms with Crippen LogP contribution in [0, 0.1) is 12.8 Å². The number of methoxy groups -OCH3 is 1. The van der Waals surface area contributed by atoms with Gasteiger partial charge in [-0.15, -0.1) is 0 Å². The lowest BCUT2D eigenvalue weighted by atomic mass is 10.1. The van der Waals surface area contributed by atoms with Crippen LogP contribution in [-0.4, -0.2) is 44.6 Å². The molecular weight excluding hydrogens is 607 g/mol. The van der Waals surface area contributed by atoms with Crippen LogP contribution in [0.4, 0.5) is 13.2 Å². The van der Waals surface area contributed by atoms with Gasteiger partial charge in [-0.2, -0.15) is 13.2 Å². The van der Waals surface area contributed by atoms with Crippen LogP contribution in [0.25, 0.3) is 10.9 Å². The normalized spacial score (nSPS) is 12.6. The van der Waals surface area contributed by atoms with E-state index in [4.69, 9.17) is 16.3 Å². The van der Waals surface area contributed by atoms with Crippen molar-refractivity contribution in [1.82, 2.24) is 14.6 Å². The van der Waals surface area contributed by atoms with Crippen molar-refractivity contribution in [2.75, 3.05) is 13.7 Å². The fourth-order valence-electron chi connectivity index (χ4n) is 4.68. The second-order valence-corrected chi connectivity index (χ2v) is 12.3. The lowest BCUT2D eigenvalue weighted by Gasteiger charge is -2.15. The molecule has 4 rings (SSSR count). The Hall–Kier alpha value is -4.03. The van der Waals surface area contributed by atoms with Crippen LogP contribution in [0.1, 0.15) is 45.2 Å². The van der Waals surface area contributed by atoms with E-state index < -0.39 is 40.4 Å². The lowest BCUT2D eigenvalue weighted by Crippen LogP contribution is -2.30. The smallest absolute Gasteiger partial charge is 0.389 e. The number of ether oxygens (including phenoxy) is 1. The number of alkyl halides is 3. The maximum Gasteiger partial charge on any atom is 0.389 e. The molecule has 4 aromatic rings. The Labute approximate surface area is 251 Å². The zero-order chi connectivity index (χ0) is 31.5. The first-order valence-corrected chi connectivity index (χ1v) is 15.0. The van der Waals surface area contributed by atoms with E-state index in [9.17, 15) is 31.2 Å². The third-order valence-electron chi connectivity index (χ3n) is 6.78. The number of aromatic nitrogens is 1. The minimum Gasteiger partial charge on any atom is -0.496 e. The molecule has 2 amide bonds. The Balaban J connectivity index is 1.54. The van der Waals surface area contributed by atoms with E-state index in [1.807, 2.05) is 22.4 Å². The Morgan fingerprint density at radius 1 is 1.02 bits per heavy atom. The van der Waals surface area contributed by atoms with E-state index >= 15 is 0 Å². The average Bonchev–Trinajstić information content (AvgIpc) is 3.24. The van der Waals surface area contributed by atoms with Crippen LogP contribution in [0.3, 0.4) is 0 Å². The van der Waals surface area contributed by atoms with Crippen molar-refractivity contribution in [2.45, 2.75) is 37.9 Å². The quantitative estimate of drug-likeness (QED) is 0.219. The number of rotatable bonds is 10. The predicted octanol–water partition coefficient (Wildman–Crippen LogP) is 6.10. The molecule has 2 N–H and O–H groups in total. The molecule has 0 bridgehead atoms. The van der Waals surface area contributed by atoms with Gasteiger partial charge in [-0.3, -0.25) is 9.59 Å². The topological polar surface area (TPSA) is 106 Å². The summed E-state index contributed by atoms with van der Waals surface area (Å²) < 4.78 is 72.7. The largest absolute Gasteiger partial charge is 0.496 e. The number of hydrogen-bond acceptors (Lipinski definition) is 5. The average molecular weight is 636 g/mol. The number of benzene rings is 3. The van der Waals surface area contributed by atoms with Crippen molar-refractivity contribution < 1.29 is 35.9 Å². The summed E-state index contributed by atoms with van der Waals surface area (Å²) in [5, 5.41) is 3.42. The number of nitrogens with one attached hydrogen (secondary N) is 2. The summed E-state index contributed by atoms with van der Waals surface area (Å²) in [6.07, 6.45) is -3.42. The number of nitrogens with zero attached hydrogens (tertiary/aromatic N) is 1. The Bertz CT molecular complexity index is 1790. The molecule has 1 aromatic heterocycles. The maximum absolute atomic E-state index is 12.8. The Morgan fingerprint density at radius 3 is 2.37 bits per heavy atom. The molecule has 0 saturated heterocycles. The summed E-state index contributed by atoms with van der Waals surface area (Å²) in [6.45, 7) is 3.49. The van der Waals surface area contributed by atoms with Gasteiger partial charge in [0.2, 0.25) is 0 Å². The van der Waals surface area contributed by atoms with Crippen molar-refractivity contribution in [3.63, 3.8) is 0 Å². The zero-order valence-corrected chi connectivity index (χ0v) is 25.0. The third-order valence-corrected chi connectivity index (χ3v) is 8.61. The van der Waals surface area contributed by atoms with Crippen LogP contribution in [0.5, 0.6) is 5.75 Å². The van der Waals surface area contributed by atoms with Crippen LogP contribution in [0.15, 0.2) is 71.8 Å². The van der Waals surface area contributed by atoms with Crippen molar-refractivity contribution >= 4 is 44.3 Å². The summed E-state index contributed by atoms with van der Waals surface area (Å²) in [6, 6.07) is 15.3. The lowest BCUT2D eigenvalue weighted by molar-refractivity contribution is -0.142. The van der Waals surface area contributed by atoms with Crippen molar-refractivity contribution in [1.29, 1.82) is 0 Å². The van der Waals surface area contributed by atoms with Gasteiger partial charge in [0.05, 0.1) is 18.7 Å². The van der Waals surface area contributed by atoms with Crippen LogP contribution in [0.2, 0.25) is 5.02 Å². The number of hydrogen-bond donors (Lipinski definition) is 2. The number of aryl methyl sites for hydroxylation is 1. The summed E-state index contributed by atoms with van der Waals surface area (Å²) in [5.74, 6) is -1.80. The van der Waals surface area contributed by atoms with E-state index in [0.29, 0.717) is 22.4 Å². The highest BCUT2D eigenvalue weighted by atomic mass is 35.5. The molecule has 0 radical (unpaired) electrons. The highest BCUT2D eigenvalue weighted by molar-refractivity contribution is 7.90. The second kappa shape index (κ2) is 12.7. The fourth-order valence-corrected chi connectivity index (χ4v) is 6.18. The number of fused-ring (bicyclic) bond motifs is 1. The molecule has 3 aromatic carbocycles. The highest BCUT2D eigenvalue weighted by Gasteiger charge is 2.30. The van der Waals surface area contributed by atoms with E-state index in [1.54, 1.807) is 30.3 Å². The van der Waals surface area contributed by atoms with Crippen LogP contribution >= 0.6 is 11.6 Å². The molecular formula is C30H29ClF3N3O5S. The number of carbonyl (C=O) groups excluding carboxylic acids is 2. The standard InChI is InChI=1S/C30H29ClF3N3O5S/c1-18(14-30(32,33)34)15-35-28(38)20-10-11-23-19(2)16-37(25(23)12-20)17-22-9-8-21(13-26(22)42-3)29(39)36-43(40,41)27-7-5-4-6-24(27)31/h4-13,16,18H,14-15,17H2,1-3H3,(H,35,38)(H,36,39)/t18-/m1/s1. The first-order chi connectivity index (χ1) is 20.2. The molecule has 13 heteroatoms. The predicted molar refractivity (Wildman–Crippen MR) is 157 cm³/mol. The Kier molecular flexibility index (Phi) is 9.41. The molecule has 0 aliphatic rings. The van der Waals surface area contributed by atoms with Crippen molar-refractivity contribution in [2.24, 2.45) is 5.92 Å². The molecule has 0 spiro atoms. The van der Waals surface area contributed by atoms with E-state index in [-0.39, 0.29) is 28.6 Å². The molecule has 1 heterocycles. The first kappa shape index (κ1) is 31.9. The van der Waals surface area contributed by atoms with Gasteiger partial charge < -0.3 is 14.6 Å². The van der Waals surface area contributed by atoms with Crippen LogP contribution < -0.4 is 14.8 Å². The SMILES string of the molecule is COc1cc(C(=O)NS(=O)(=O)c2ccccc2Cl)ccc1Cn1cc(C)c2ccc(C(=O)NC[C@H](C)CC(F)(F)F)cc21. The molecule has 43 heavy (non-hydrogen) atoms. The van der Waals surface area contributed by atoms with Gasteiger partial charge in [-0.25, -0.2) is 13.1 Å². The van der Waals surface area contributed by atoms with Gasteiger partial charge in [-0.05, 0) is 54.8 Å². The second-order valence-electron chi connectivity index (χ2n) is 10.2. The van der Waals surface area contributed by atoms with E-state index in [0.717, 1.165) is 10.9 Å². The van der Waals surface area contributed by atoms with Gasteiger partial charge in [0.15, 0.2) is 0 Å². The highest BCUT2D eigenvalue weighted by Crippen LogP contribution is 2.28. The Morgan fingerprint density at radius 2 is 1.70 bits per heavy atom. The zero-order valence-electron chi connectivity index (χ0n) is 23.5. The third kappa shape index (κ3) is 7.68. The molecule has 0 saturated carbocycles. The molecule has 0 aliphatic carbocycles. The first-order valence-electron chi connectivity index (χ1n) is 13.1. The molecule has 8 nitrogen and oxygen atoms in total. The van der Waals surface area contributed by atoms with Crippen molar-refractivity contribution in [3.8, 4) is 5.75 Å². The van der Waals surface area contributed by atoms with E-state index in [1.165, 1.54) is 44.4 Å². The van der Waals surface area contributed by atoms with Gasteiger partial charge in [-0.1, -0.05) is 42.8 Å². The minimum absolute atomic E-state index is 0.0263. The number of sulfonamides is 1. The molecule has 0 unspecified atom stereocenters. The van der Waals surface area contributed by atoms with Gasteiger partial charge in [0, 0.05) is 46.8 Å². The number of carbonyl (C=O) groups is 2. The molecule has 228 valence electrons. The monoisotopic (exact) mass is 635 g/mol. The van der Waals surface area contributed by atoms with Gasteiger partial charge >= 0.3 is 6.18 Å². The molecule has 0 fully saturated rings. The minimum atomic E-state index is -4.31. The summed E-state index contributed by atoms with van der Waals surface area (Å²) in [7, 11) is -2.81. The van der Waals surface area contributed by atoms with E-state index in [2.05, 4.69) is 5.32 Å². The summed E-state index contributed by atoms with van der Waals surface area (Å²) in [4.78, 5) is 25.3. The summed E-state index contributed by atoms with van der Waals surface area (Å²) in [5.41, 5.74) is 2.65. The van der Waals surface area contributed by atoms with Crippen LogP contribution in [-0.2, 0) is 16.6 Å². The summed E-state index contributed by atoms with van der Waals surface area (Å²) >= 11 is 5.99.